The Morgan fingerprint density at radius 3 is 2.64 bits per heavy atom. The van der Waals surface area contributed by atoms with E-state index in [1.165, 1.54) is 28.6 Å². The molecule has 0 spiro atoms. The van der Waals surface area contributed by atoms with E-state index in [1.54, 1.807) is 7.11 Å². The van der Waals surface area contributed by atoms with Gasteiger partial charge < -0.3 is 9.72 Å². The number of hydrogen-bond donors (Lipinski definition) is 1. The van der Waals surface area contributed by atoms with Crippen molar-refractivity contribution in [2.24, 2.45) is 0 Å². The Labute approximate surface area is 145 Å². The SMILES string of the molecule is COc1ccc2[nH]c3c(c2c1)CN(S(=O)(=O)c1ccc(F)cc1)CC3. The van der Waals surface area contributed by atoms with Gasteiger partial charge in [0.1, 0.15) is 11.6 Å². The van der Waals surface area contributed by atoms with E-state index in [0.717, 1.165) is 27.9 Å². The third kappa shape index (κ3) is 2.69. The topological polar surface area (TPSA) is 62.4 Å². The molecule has 0 fully saturated rings. The van der Waals surface area contributed by atoms with Crippen molar-refractivity contribution < 1.29 is 17.5 Å². The molecule has 4 rings (SSSR count). The number of ether oxygens (including phenoxy) is 1. The molecule has 0 unspecified atom stereocenters. The van der Waals surface area contributed by atoms with E-state index in [2.05, 4.69) is 4.98 Å². The zero-order valence-corrected chi connectivity index (χ0v) is 14.4. The van der Waals surface area contributed by atoms with Gasteiger partial charge in [-0.25, -0.2) is 12.8 Å². The lowest BCUT2D eigenvalue weighted by Crippen LogP contribution is -2.35. The van der Waals surface area contributed by atoms with Gasteiger partial charge in [0.05, 0.1) is 12.0 Å². The highest BCUT2D eigenvalue weighted by molar-refractivity contribution is 7.89. The highest BCUT2D eigenvalue weighted by Crippen LogP contribution is 2.32. The van der Waals surface area contributed by atoms with Gasteiger partial charge in [0, 0.05) is 36.1 Å². The van der Waals surface area contributed by atoms with Gasteiger partial charge in [-0.2, -0.15) is 4.31 Å². The van der Waals surface area contributed by atoms with Gasteiger partial charge in [0.25, 0.3) is 0 Å². The molecule has 1 aromatic heterocycles. The van der Waals surface area contributed by atoms with Gasteiger partial charge in [-0.15, -0.1) is 0 Å². The van der Waals surface area contributed by atoms with Crippen LogP contribution in [-0.2, 0) is 23.0 Å². The van der Waals surface area contributed by atoms with Crippen LogP contribution in [0.1, 0.15) is 11.3 Å². The summed E-state index contributed by atoms with van der Waals surface area (Å²) in [6, 6.07) is 10.7. The fourth-order valence-electron chi connectivity index (χ4n) is 3.26. The molecule has 130 valence electrons. The molecule has 7 heteroatoms. The Hall–Kier alpha value is -2.38. The predicted octanol–water partition coefficient (Wildman–Crippen LogP) is 3.06. The van der Waals surface area contributed by atoms with Crippen LogP contribution in [-0.4, -0.2) is 31.4 Å². The van der Waals surface area contributed by atoms with E-state index >= 15 is 0 Å². The lowest BCUT2D eigenvalue weighted by molar-refractivity contribution is 0.391. The number of benzene rings is 2. The average molecular weight is 360 g/mol. The van der Waals surface area contributed by atoms with Crippen LogP contribution >= 0.6 is 0 Å². The summed E-state index contributed by atoms with van der Waals surface area (Å²) in [5.41, 5.74) is 2.98. The summed E-state index contributed by atoms with van der Waals surface area (Å²) in [6.45, 7) is 0.666. The molecular weight excluding hydrogens is 343 g/mol. The summed E-state index contributed by atoms with van der Waals surface area (Å²) < 4.78 is 45.5. The molecule has 1 N–H and O–H groups in total. The maximum Gasteiger partial charge on any atom is 0.243 e. The fourth-order valence-corrected chi connectivity index (χ4v) is 4.67. The zero-order chi connectivity index (χ0) is 17.6. The maximum absolute atomic E-state index is 13.1. The quantitative estimate of drug-likeness (QED) is 0.781. The molecule has 5 nitrogen and oxygen atoms in total. The largest absolute Gasteiger partial charge is 0.497 e. The van der Waals surface area contributed by atoms with Crippen molar-refractivity contribution in [3.63, 3.8) is 0 Å². The second-order valence-corrected chi connectivity index (χ2v) is 7.97. The van der Waals surface area contributed by atoms with Crippen molar-refractivity contribution in [2.75, 3.05) is 13.7 Å². The Morgan fingerprint density at radius 2 is 1.92 bits per heavy atom. The normalized spacial score (nSPS) is 15.3. The van der Waals surface area contributed by atoms with Crippen molar-refractivity contribution in [3.05, 3.63) is 59.5 Å². The Kier molecular flexibility index (Phi) is 3.77. The van der Waals surface area contributed by atoms with Crippen molar-refractivity contribution in [1.82, 2.24) is 9.29 Å². The smallest absolute Gasteiger partial charge is 0.243 e. The first-order valence-corrected chi connectivity index (χ1v) is 9.36. The van der Waals surface area contributed by atoms with Gasteiger partial charge in [-0.05, 0) is 48.0 Å². The van der Waals surface area contributed by atoms with Gasteiger partial charge in [-0.3, -0.25) is 0 Å². The van der Waals surface area contributed by atoms with Crippen LogP contribution in [0.2, 0.25) is 0 Å². The van der Waals surface area contributed by atoms with Crippen LogP contribution in [0.5, 0.6) is 5.75 Å². The minimum atomic E-state index is -3.66. The number of H-pyrrole nitrogens is 1. The van der Waals surface area contributed by atoms with E-state index < -0.39 is 15.8 Å². The van der Waals surface area contributed by atoms with Crippen molar-refractivity contribution in [1.29, 1.82) is 0 Å². The first-order valence-electron chi connectivity index (χ1n) is 7.92. The van der Waals surface area contributed by atoms with Gasteiger partial charge in [0.15, 0.2) is 0 Å². The number of rotatable bonds is 3. The number of nitrogens with zero attached hydrogens (tertiary/aromatic N) is 1. The highest BCUT2D eigenvalue weighted by Gasteiger charge is 2.30. The first kappa shape index (κ1) is 16.1. The van der Waals surface area contributed by atoms with Crippen LogP contribution in [0.3, 0.4) is 0 Å². The molecule has 25 heavy (non-hydrogen) atoms. The van der Waals surface area contributed by atoms with E-state index in [1.807, 2.05) is 18.2 Å². The molecule has 0 aliphatic carbocycles. The van der Waals surface area contributed by atoms with E-state index in [0.29, 0.717) is 13.0 Å². The number of fused-ring (bicyclic) bond motifs is 3. The lowest BCUT2D eigenvalue weighted by atomic mass is 10.1. The predicted molar refractivity (Wildman–Crippen MR) is 92.6 cm³/mol. The minimum Gasteiger partial charge on any atom is -0.497 e. The third-order valence-corrected chi connectivity index (χ3v) is 6.46. The summed E-state index contributed by atoms with van der Waals surface area (Å²) in [6.07, 6.45) is 0.604. The zero-order valence-electron chi connectivity index (χ0n) is 13.6. The Bertz CT molecular complexity index is 1040. The molecule has 1 aliphatic rings. The number of hydrogen-bond acceptors (Lipinski definition) is 3. The molecule has 0 atom stereocenters. The van der Waals surface area contributed by atoms with Crippen LogP contribution in [0, 0.1) is 5.82 Å². The number of methoxy groups -OCH3 is 1. The van der Waals surface area contributed by atoms with Crippen LogP contribution in [0.15, 0.2) is 47.4 Å². The molecule has 0 radical (unpaired) electrons. The van der Waals surface area contributed by atoms with Gasteiger partial charge >= 0.3 is 0 Å². The maximum atomic E-state index is 13.1. The highest BCUT2D eigenvalue weighted by atomic mass is 32.2. The lowest BCUT2D eigenvalue weighted by Gasteiger charge is -2.26. The molecule has 0 saturated carbocycles. The molecule has 2 heterocycles. The second kappa shape index (κ2) is 5.86. The van der Waals surface area contributed by atoms with Crippen molar-refractivity contribution in [2.45, 2.75) is 17.9 Å². The molecule has 3 aromatic rings. The number of aromatic amines is 1. The minimum absolute atomic E-state index is 0.106. The van der Waals surface area contributed by atoms with Crippen LogP contribution < -0.4 is 4.74 Å². The van der Waals surface area contributed by atoms with Crippen molar-refractivity contribution in [3.8, 4) is 5.75 Å². The number of nitrogens with one attached hydrogen (secondary N) is 1. The first-order chi connectivity index (χ1) is 12.0. The van der Waals surface area contributed by atoms with E-state index in [-0.39, 0.29) is 11.4 Å². The van der Waals surface area contributed by atoms with Gasteiger partial charge in [0.2, 0.25) is 10.0 Å². The van der Waals surface area contributed by atoms with Crippen molar-refractivity contribution >= 4 is 20.9 Å². The Morgan fingerprint density at radius 1 is 1.16 bits per heavy atom. The van der Waals surface area contributed by atoms with E-state index in [9.17, 15) is 12.8 Å². The standard InChI is InChI=1S/C18H17FN2O3S/c1-24-13-4-7-17-15(10-13)16-11-21(9-8-18(16)20-17)25(22,23)14-5-2-12(19)3-6-14/h2-7,10,20H,8-9,11H2,1H3. The summed E-state index contributed by atoms with van der Waals surface area (Å²) in [4.78, 5) is 3.47. The second-order valence-electron chi connectivity index (χ2n) is 6.04. The van der Waals surface area contributed by atoms with Gasteiger partial charge in [-0.1, -0.05) is 0 Å². The molecule has 0 bridgehead atoms. The summed E-state index contributed by atoms with van der Waals surface area (Å²) in [7, 11) is -2.06. The molecule has 2 aromatic carbocycles. The number of halogens is 1. The summed E-state index contributed by atoms with van der Waals surface area (Å²) in [5.74, 6) is 0.274. The van der Waals surface area contributed by atoms with E-state index in [4.69, 9.17) is 4.74 Å². The third-order valence-electron chi connectivity index (χ3n) is 4.60. The average Bonchev–Trinajstić information content (AvgIpc) is 2.99. The molecule has 1 aliphatic heterocycles. The molecule has 0 saturated heterocycles. The Balaban J connectivity index is 1.73. The monoisotopic (exact) mass is 360 g/mol. The van der Waals surface area contributed by atoms with Crippen LogP contribution in [0.25, 0.3) is 10.9 Å². The number of sulfonamides is 1. The fraction of sp³-hybridized carbons (Fsp3) is 0.222. The number of aromatic nitrogens is 1. The summed E-state index contributed by atoms with van der Waals surface area (Å²) in [5, 5.41) is 0.966. The summed E-state index contributed by atoms with van der Waals surface area (Å²) >= 11 is 0. The molecule has 0 amide bonds. The molecular formula is C18H17FN2O3S. The van der Waals surface area contributed by atoms with Crippen LogP contribution in [0.4, 0.5) is 4.39 Å².